The molecule has 0 aliphatic carbocycles. The first-order valence-corrected chi connectivity index (χ1v) is 9.55. The van der Waals surface area contributed by atoms with Gasteiger partial charge in [0.1, 0.15) is 0 Å². The zero-order valence-electron chi connectivity index (χ0n) is 14.8. The molecular formula is C19H14ClN3O5S. The van der Waals surface area contributed by atoms with Crippen LogP contribution in [0.5, 0.6) is 0 Å². The molecule has 0 aromatic heterocycles. The molecule has 0 saturated heterocycles. The Morgan fingerprint density at radius 2 is 1.86 bits per heavy atom. The molecule has 8 nitrogen and oxygen atoms in total. The van der Waals surface area contributed by atoms with E-state index in [1.54, 1.807) is 47.4 Å². The summed E-state index contributed by atoms with van der Waals surface area (Å²) in [6.45, 7) is 0.126. The molecule has 0 atom stereocenters. The molecule has 1 amide bonds. The predicted molar refractivity (Wildman–Crippen MR) is 112 cm³/mol. The van der Waals surface area contributed by atoms with Gasteiger partial charge in [-0.3, -0.25) is 19.7 Å². The summed E-state index contributed by atoms with van der Waals surface area (Å²) in [7, 11) is 0. The van der Waals surface area contributed by atoms with E-state index >= 15 is 0 Å². The van der Waals surface area contributed by atoms with Crippen molar-refractivity contribution >= 4 is 57.9 Å². The number of halogens is 1. The number of amides is 1. The second-order valence-corrected chi connectivity index (χ2v) is 7.38. The smallest absolute Gasteiger partial charge is 0.305 e. The van der Waals surface area contributed by atoms with Crippen LogP contribution in [0, 0.1) is 10.1 Å². The van der Waals surface area contributed by atoms with Crippen molar-refractivity contribution in [3.63, 3.8) is 0 Å². The number of non-ortho nitro benzene ring substituents is 1. The summed E-state index contributed by atoms with van der Waals surface area (Å²) in [5.74, 6) is -1.43. The van der Waals surface area contributed by atoms with Gasteiger partial charge in [0.2, 0.25) is 0 Å². The van der Waals surface area contributed by atoms with Crippen LogP contribution in [0.2, 0.25) is 5.02 Å². The van der Waals surface area contributed by atoms with Crippen molar-refractivity contribution in [1.82, 2.24) is 0 Å². The van der Waals surface area contributed by atoms with Gasteiger partial charge >= 0.3 is 5.97 Å². The van der Waals surface area contributed by atoms with Crippen molar-refractivity contribution in [3.05, 3.63) is 74.1 Å². The van der Waals surface area contributed by atoms with Gasteiger partial charge in [-0.15, -0.1) is 0 Å². The summed E-state index contributed by atoms with van der Waals surface area (Å²) < 4.78 is 0. The van der Waals surface area contributed by atoms with Crippen molar-refractivity contribution in [1.29, 1.82) is 0 Å². The van der Waals surface area contributed by atoms with Crippen LogP contribution >= 0.6 is 23.4 Å². The normalized spacial score (nSPS) is 14.7. The predicted octanol–water partition coefficient (Wildman–Crippen LogP) is 4.20. The third kappa shape index (κ3) is 5.21. The van der Waals surface area contributed by atoms with E-state index in [-0.39, 0.29) is 18.7 Å². The van der Waals surface area contributed by atoms with Crippen molar-refractivity contribution in [2.45, 2.75) is 6.42 Å². The van der Waals surface area contributed by atoms with Gasteiger partial charge in [0, 0.05) is 29.4 Å². The van der Waals surface area contributed by atoms with Crippen molar-refractivity contribution in [2.75, 3.05) is 11.4 Å². The van der Waals surface area contributed by atoms with Gasteiger partial charge in [0.05, 0.1) is 16.2 Å². The molecule has 0 spiro atoms. The highest BCUT2D eigenvalue weighted by Crippen LogP contribution is 2.33. The van der Waals surface area contributed by atoms with E-state index in [0.717, 1.165) is 11.8 Å². The molecule has 1 heterocycles. The summed E-state index contributed by atoms with van der Waals surface area (Å²) in [6, 6.07) is 12.6. The molecule has 1 N–H and O–H groups in total. The molecular weight excluding hydrogens is 418 g/mol. The van der Waals surface area contributed by atoms with Crippen molar-refractivity contribution in [3.8, 4) is 0 Å². The molecule has 2 aromatic carbocycles. The standard InChI is InChI=1S/C19H14ClN3O5S/c20-13-3-7-14(8-4-13)22(10-9-17(24)25)19-21-18(26)16(29-19)11-12-1-5-15(6-2-12)23(27)28/h1-8,11H,9-10H2,(H,24,25). The molecule has 1 aliphatic heterocycles. The van der Waals surface area contributed by atoms with Gasteiger partial charge in [0.25, 0.3) is 11.6 Å². The number of carboxylic acids is 1. The molecule has 0 bridgehead atoms. The number of thioether (sulfide) groups is 1. The number of nitro groups is 1. The average molecular weight is 432 g/mol. The zero-order chi connectivity index (χ0) is 21.0. The fraction of sp³-hybridized carbons (Fsp3) is 0.105. The number of benzene rings is 2. The second-order valence-electron chi connectivity index (χ2n) is 5.93. The Kier molecular flexibility index (Phi) is 6.30. The van der Waals surface area contributed by atoms with Crippen LogP contribution in [0.25, 0.3) is 6.08 Å². The first-order chi connectivity index (χ1) is 13.8. The monoisotopic (exact) mass is 431 g/mol. The molecule has 2 aromatic rings. The molecule has 29 heavy (non-hydrogen) atoms. The Labute approximate surface area is 174 Å². The molecule has 0 radical (unpaired) electrons. The lowest BCUT2D eigenvalue weighted by Crippen LogP contribution is -2.30. The minimum atomic E-state index is -0.972. The number of aliphatic carboxylic acids is 1. The molecule has 148 valence electrons. The van der Waals surface area contributed by atoms with Gasteiger partial charge in [-0.25, -0.2) is 0 Å². The molecule has 10 heteroatoms. The lowest BCUT2D eigenvalue weighted by atomic mass is 10.2. The first-order valence-electron chi connectivity index (χ1n) is 8.35. The number of nitrogens with zero attached hydrogens (tertiary/aromatic N) is 3. The maximum absolute atomic E-state index is 12.3. The highest BCUT2D eigenvalue weighted by Gasteiger charge is 2.27. The fourth-order valence-corrected chi connectivity index (χ4v) is 3.61. The third-order valence-electron chi connectivity index (χ3n) is 3.93. The van der Waals surface area contributed by atoms with Crippen LogP contribution in [0.1, 0.15) is 12.0 Å². The summed E-state index contributed by atoms with van der Waals surface area (Å²) in [6.07, 6.45) is 1.45. The van der Waals surface area contributed by atoms with E-state index in [0.29, 0.717) is 26.3 Å². The molecule has 0 unspecified atom stereocenters. The van der Waals surface area contributed by atoms with E-state index in [1.807, 2.05) is 0 Å². The Bertz CT molecular complexity index is 1020. The number of aliphatic imine (C=N–C) groups is 1. The van der Waals surface area contributed by atoms with Gasteiger partial charge in [-0.05, 0) is 59.8 Å². The topological polar surface area (TPSA) is 113 Å². The Hall–Kier alpha value is -3.17. The zero-order valence-corrected chi connectivity index (χ0v) is 16.4. The summed E-state index contributed by atoms with van der Waals surface area (Å²) in [5.41, 5.74) is 1.23. The quantitative estimate of drug-likeness (QED) is 0.414. The lowest BCUT2D eigenvalue weighted by Gasteiger charge is -2.22. The van der Waals surface area contributed by atoms with Crippen LogP contribution in [0.3, 0.4) is 0 Å². The van der Waals surface area contributed by atoms with Crippen LogP contribution in [0.15, 0.2) is 58.4 Å². The number of carbonyl (C=O) groups excluding carboxylic acids is 1. The number of amidine groups is 1. The van der Waals surface area contributed by atoms with Gasteiger partial charge in [0.15, 0.2) is 5.17 Å². The maximum Gasteiger partial charge on any atom is 0.305 e. The lowest BCUT2D eigenvalue weighted by molar-refractivity contribution is -0.384. The largest absolute Gasteiger partial charge is 0.481 e. The summed E-state index contributed by atoms with van der Waals surface area (Å²) in [4.78, 5) is 39.7. The van der Waals surface area contributed by atoms with Crippen molar-refractivity contribution < 1.29 is 19.6 Å². The molecule has 1 aliphatic rings. The first kappa shape index (κ1) is 20.6. The number of rotatable bonds is 6. The number of nitro benzene ring substituents is 1. The average Bonchev–Trinajstić information content (AvgIpc) is 3.03. The fourth-order valence-electron chi connectivity index (χ4n) is 2.52. The number of hydrogen-bond donors (Lipinski definition) is 1. The minimum absolute atomic E-state index is 0.0444. The van der Waals surface area contributed by atoms with E-state index in [2.05, 4.69) is 4.99 Å². The van der Waals surface area contributed by atoms with E-state index < -0.39 is 16.8 Å². The summed E-state index contributed by atoms with van der Waals surface area (Å²) in [5, 5.41) is 20.7. The second kappa shape index (κ2) is 8.89. The molecule has 0 saturated carbocycles. The van der Waals surface area contributed by atoms with E-state index in [4.69, 9.17) is 16.7 Å². The highest BCUT2D eigenvalue weighted by molar-refractivity contribution is 8.18. The van der Waals surface area contributed by atoms with Crippen molar-refractivity contribution in [2.24, 2.45) is 4.99 Å². The van der Waals surface area contributed by atoms with E-state index in [9.17, 15) is 19.7 Å². The number of carboxylic acid groups (broad SMARTS) is 1. The van der Waals surface area contributed by atoms with E-state index in [1.165, 1.54) is 12.1 Å². The maximum atomic E-state index is 12.3. The summed E-state index contributed by atoms with van der Waals surface area (Å²) >= 11 is 7.03. The molecule has 3 rings (SSSR count). The van der Waals surface area contributed by atoms with Crippen LogP contribution in [0.4, 0.5) is 11.4 Å². The van der Waals surface area contributed by atoms with Crippen LogP contribution in [-0.2, 0) is 9.59 Å². The van der Waals surface area contributed by atoms with Gasteiger partial charge < -0.3 is 10.0 Å². The Morgan fingerprint density at radius 3 is 2.45 bits per heavy atom. The number of anilines is 1. The SMILES string of the molecule is O=C(O)CCN(C1=NC(=O)C(=Cc2ccc([N+](=O)[O-])cc2)S1)c1ccc(Cl)cc1. The number of hydrogen-bond acceptors (Lipinski definition) is 6. The van der Waals surface area contributed by atoms with Gasteiger partial charge in [-0.1, -0.05) is 11.6 Å². The highest BCUT2D eigenvalue weighted by atomic mass is 35.5. The third-order valence-corrected chi connectivity index (χ3v) is 5.19. The number of carbonyl (C=O) groups is 2. The van der Waals surface area contributed by atoms with Gasteiger partial charge in [-0.2, -0.15) is 4.99 Å². The van der Waals surface area contributed by atoms with Crippen LogP contribution in [-0.4, -0.2) is 33.6 Å². The van der Waals surface area contributed by atoms with Crippen LogP contribution < -0.4 is 4.90 Å². The molecule has 0 fully saturated rings. The Morgan fingerprint density at radius 1 is 1.21 bits per heavy atom. The Balaban J connectivity index is 1.83. The minimum Gasteiger partial charge on any atom is -0.481 e.